The Morgan fingerprint density at radius 3 is 2.55 bits per heavy atom. The highest BCUT2D eigenvalue weighted by molar-refractivity contribution is 7.91. The Morgan fingerprint density at radius 1 is 1.16 bits per heavy atom. The molecule has 38 heavy (non-hydrogen) atoms. The first kappa shape index (κ1) is 25.8. The SMILES string of the molecule is COCCO[C@]1(C#N)CC[C@@H](c2nc3c(-c4cnn(-c5ccccc5)c4)cnn3c(N)c2S(C)(=O)=O)CC1. The number of nitrogen functional groups attached to an aromatic ring is 1. The minimum Gasteiger partial charge on any atom is -0.382 e. The summed E-state index contributed by atoms with van der Waals surface area (Å²) in [6.45, 7) is 0.709. The van der Waals surface area contributed by atoms with Crippen LogP contribution in [0.4, 0.5) is 5.82 Å². The van der Waals surface area contributed by atoms with Crippen molar-refractivity contribution in [2.45, 2.75) is 42.1 Å². The number of fused-ring (bicyclic) bond motifs is 1. The highest BCUT2D eigenvalue weighted by atomic mass is 32.2. The lowest BCUT2D eigenvalue weighted by Crippen LogP contribution is -2.36. The third-order valence-electron chi connectivity index (χ3n) is 7.00. The molecule has 0 aliphatic heterocycles. The van der Waals surface area contributed by atoms with Crippen molar-refractivity contribution in [3.8, 4) is 22.9 Å². The highest BCUT2D eigenvalue weighted by Crippen LogP contribution is 2.42. The molecule has 0 bridgehead atoms. The maximum Gasteiger partial charge on any atom is 0.180 e. The number of aromatic nitrogens is 5. The van der Waals surface area contributed by atoms with Crippen molar-refractivity contribution in [3.05, 3.63) is 54.6 Å². The molecule has 0 radical (unpaired) electrons. The average molecular weight is 536 g/mol. The van der Waals surface area contributed by atoms with Crippen LogP contribution < -0.4 is 5.73 Å². The van der Waals surface area contributed by atoms with Gasteiger partial charge in [0.1, 0.15) is 10.7 Å². The van der Waals surface area contributed by atoms with Gasteiger partial charge in [-0.2, -0.15) is 20.0 Å². The molecule has 11 nitrogen and oxygen atoms in total. The topological polar surface area (TPSA) is 150 Å². The Labute approximate surface area is 220 Å². The Balaban J connectivity index is 1.54. The second-order valence-corrected chi connectivity index (χ2v) is 11.5. The van der Waals surface area contributed by atoms with Crippen LogP contribution in [0.5, 0.6) is 0 Å². The number of nitrogens with two attached hydrogens (primary N) is 1. The number of ether oxygens (including phenoxy) is 2. The van der Waals surface area contributed by atoms with Gasteiger partial charge in [-0.25, -0.2) is 18.1 Å². The molecule has 0 saturated heterocycles. The summed E-state index contributed by atoms with van der Waals surface area (Å²) in [6, 6.07) is 12.0. The van der Waals surface area contributed by atoms with Gasteiger partial charge in [0.05, 0.1) is 43.1 Å². The lowest BCUT2D eigenvalue weighted by atomic mass is 9.78. The number of hydrogen-bond acceptors (Lipinski definition) is 9. The van der Waals surface area contributed by atoms with Crippen molar-refractivity contribution >= 4 is 21.3 Å². The fourth-order valence-electron chi connectivity index (χ4n) is 5.03. The van der Waals surface area contributed by atoms with Crippen LogP contribution in [0.1, 0.15) is 37.3 Å². The first-order valence-electron chi connectivity index (χ1n) is 12.3. The van der Waals surface area contributed by atoms with Crippen molar-refractivity contribution in [1.29, 1.82) is 5.26 Å². The first-order chi connectivity index (χ1) is 18.3. The second-order valence-electron chi connectivity index (χ2n) is 9.51. The fourth-order valence-corrected chi connectivity index (χ4v) is 6.09. The third kappa shape index (κ3) is 4.76. The van der Waals surface area contributed by atoms with Crippen LogP contribution in [0, 0.1) is 11.3 Å². The van der Waals surface area contributed by atoms with E-state index >= 15 is 0 Å². The fraction of sp³-hybridized carbons (Fsp3) is 0.385. The van der Waals surface area contributed by atoms with E-state index in [1.54, 1.807) is 24.2 Å². The van der Waals surface area contributed by atoms with E-state index in [0.29, 0.717) is 55.8 Å². The van der Waals surface area contributed by atoms with Gasteiger partial charge in [-0.05, 0) is 37.8 Å². The number of rotatable bonds is 8. The zero-order chi connectivity index (χ0) is 26.9. The predicted octanol–water partition coefficient (Wildman–Crippen LogP) is 3.15. The zero-order valence-corrected chi connectivity index (χ0v) is 22.1. The largest absolute Gasteiger partial charge is 0.382 e. The van der Waals surface area contributed by atoms with E-state index in [1.807, 2.05) is 36.5 Å². The number of anilines is 1. The second kappa shape index (κ2) is 10.2. The van der Waals surface area contributed by atoms with E-state index in [4.69, 9.17) is 20.2 Å². The van der Waals surface area contributed by atoms with Gasteiger partial charge in [0.2, 0.25) is 0 Å². The molecule has 4 aromatic rings. The molecule has 3 aromatic heterocycles. The number of hydrogen-bond donors (Lipinski definition) is 1. The Bertz CT molecular complexity index is 1600. The monoisotopic (exact) mass is 535 g/mol. The van der Waals surface area contributed by atoms with E-state index in [1.165, 1.54) is 4.52 Å². The van der Waals surface area contributed by atoms with Gasteiger partial charge >= 0.3 is 0 Å². The smallest absolute Gasteiger partial charge is 0.180 e. The molecule has 3 heterocycles. The maximum absolute atomic E-state index is 12.9. The summed E-state index contributed by atoms with van der Waals surface area (Å²) < 4.78 is 39.8. The summed E-state index contributed by atoms with van der Waals surface area (Å²) in [5, 5.41) is 18.7. The molecule has 198 valence electrons. The predicted molar refractivity (Wildman–Crippen MR) is 140 cm³/mol. The van der Waals surface area contributed by atoms with E-state index in [2.05, 4.69) is 16.3 Å². The van der Waals surface area contributed by atoms with Crippen molar-refractivity contribution in [3.63, 3.8) is 0 Å². The molecular formula is C26H29N7O4S. The molecule has 5 rings (SSSR count). The van der Waals surface area contributed by atoms with Gasteiger partial charge in [-0.3, -0.25) is 0 Å². The summed E-state index contributed by atoms with van der Waals surface area (Å²) in [6.07, 6.45) is 8.28. The lowest BCUT2D eigenvalue weighted by Gasteiger charge is -2.35. The summed E-state index contributed by atoms with van der Waals surface area (Å²) in [5.41, 5.74) is 8.71. The van der Waals surface area contributed by atoms with Gasteiger partial charge in [0, 0.05) is 36.6 Å². The highest BCUT2D eigenvalue weighted by Gasteiger charge is 2.39. The van der Waals surface area contributed by atoms with Crippen molar-refractivity contribution in [1.82, 2.24) is 24.4 Å². The molecule has 12 heteroatoms. The van der Waals surface area contributed by atoms with Gasteiger partial charge < -0.3 is 15.2 Å². The Morgan fingerprint density at radius 2 is 1.89 bits per heavy atom. The zero-order valence-electron chi connectivity index (χ0n) is 21.2. The van der Waals surface area contributed by atoms with Crippen molar-refractivity contribution in [2.24, 2.45) is 0 Å². The number of methoxy groups -OCH3 is 1. The van der Waals surface area contributed by atoms with Crippen LogP contribution in [0.25, 0.3) is 22.5 Å². The molecule has 2 N–H and O–H groups in total. The number of sulfone groups is 1. The van der Waals surface area contributed by atoms with E-state index < -0.39 is 15.4 Å². The van der Waals surface area contributed by atoms with Crippen LogP contribution in [-0.4, -0.2) is 65.0 Å². The molecular weight excluding hydrogens is 506 g/mol. The third-order valence-corrected chi connectivity index (χ3v) is 8.16. The van der Waals surface area contributed by atoms with E-state index in [-0.39, 0.29) is 16.6 Å². The molecule has 1 aliphatic rings. The van der Waals surface area contributed by atoms with E-state index in [0.717, 1.165) is 17.5 Å². The molecule has 1 aromatic carbocycles. The number of para-hydroxylation sites is 1. The number of benzene rings is 1. The number of nitrogens with zero attached hydrogens (tertiary/aromatic N) is 6. The Kier molecular flexibility index (Phi) is 6.92. The van der Waals surface area contributed by atoms with Crippen molar-refractivity contribution in [2.75, 3.05) is 32.3 Å². The quantitative estimate of drug-likeness (QED) is 0.336. The molecule has 1 saturated carbocycles. The van der Waals surface area contributed by atoms with Gasteiger partial charge in [-0.15, -0.1) is 0 Å². The van der Waals surface area contributed by atoms with Crippen LogP contribution >= 0.6 is 0 Å². The van der Waals surface area contributed by atoms with Gasteiger partial charge in [0.25, 0.3) is 0 Å². The van der Waals surface area contributed by atoms with Crippen molar-refractivity contribution < 1.29 is 17.9 Å². The summed E-state index contributed by atoms with van der Waals surface area (Å²) >= 11 is 0. The summed E-state index contributed by atoms with van der Waals surface area (Å²) in [4.78, 5) is 4.83. The minimum absolute atomic E-state index is 0.0164. The molecule has 0 unspecified atom stereocenters. The summed E-state index contributed by atoms with van der Waals surface area (Å²) in [7, 11) is -2.14. The van der Waals surface area contributed by atoms with Gasteiger partial charge in [0.15, 0.2) is 21.1 Å². The minimum atomic E-state index is -3.72. The average Bonchev–Trinajstić information content (AvgIpc) is 3.56. The maximum atomic E-state index is 12.9. The van der Waals surface area contributed by atoms with Crippen LogP contribution in [-0.2, 0) is 19.3 Å². The van der Waals surface area contributed by atoms with Crippen LogP contribution in [0.2, 0.25) is 0 Å². The standard InChI is InChI=1S/C26H29N7O4S/c1-36-12-13-37-26(17-27)10-8-18(9-11-26)22-23(38(2,34)35)24(28)33-25(31-22)21(15-30-33)19-14-29-32(16-19)20-6-4-3-5-7-20/h3-7,14-16,18H,8-13,28H2,1-2H3/t18-,26-. The molecule has 0 atom stereocenters. The van der Waals surface area contributed by atoms with Gasteiger partial charge in [-0.1, -0.05) is 18.2 Å². The van der Waals surface area contributed by atoms with Crippen LogP contribution in [0.15, 0.2) is 53.8 Å². The molecule has 0 amide bonds. The molecule has 1 aliphatic carbocycles. The molecule has 0 spiro atoms. The normalized spacial score (nSPS) is 20.0. The Hall–Kier alpha value is -3.79. The lowest BCUT2D eigenvalue weighted by molar-refractivity contribution is -0.0495. The van der Waals surface area contributed by atoms with E-state index in [9.17, 15) is 13.7 Å². The summed E-state index contributed by atoms with van der Waals surface area (Å²) in [5.74, 6) is -0.197. The van der Waals surface area contributed by atoms with Crippen LogP contribution in [0.3, 0.4) is 0 Å². The molecule has 1 fully saturated rings. The number of nitriles is 1. The first-order valence-corrected chi connectivity index (χ1v) is 14.2.